The first kappa shape index (κ1) is 27.3. The molecular weight excluding hydrogens is 476 g/mol. The van der Waals surface area contributed by atoms with Gasteiger partial charge < -0.3 is 4.74 Å². The number of hydrogen-bond donors (Lipinski definition) is 0. The molecule has 0 unspecified atom stereocenters. The second-order valence-electron chi connectivity index (χ2n) is 14.1. The molecule has 204 valence electrons. The molecule has 3 fully saturated rings. The molecule has 3 heteroatoms. The lowest BCUT2D eigenvalue weighted by Crippen LogP contribution is -2.51. The molecule has 0 N–H and O–H groups in total. The van der Waals surface area contributed by atoms with Crippen LogP contribution in [-0.2, 0) is 4.74 Å². The van der Waals surface area contributed by atoms with Gasteiger partial charge in [0.15, 0.2) is 0 Å². The Balaban J connectivity index is 1.25. The highest BCUT2D eigenvalue weighted by atomic mass is 35.5. The van der Waals surface area contributed by atoms with Gasteiger partial charge in [-0.25, -0.2) is 4.79 Å². The van der Waals surface area contributed by atoms with E-state index in [1.165, 1.54) is 51.4 Å². The smallest absolute Gasteiger partial charge is 0.338 e. The molecule has 37 heavy (non-hydrogen) atoms. The Hall–Kier alpha value is -1.28. The predicted molar refractivity (Wildman–Crippen MR) is 154 cm³/mol. The molecular formula is C34H49ClO2. The van der Waals surface area contributed by atoms with Gasteiger partial charge >= 0.3 is 5.97 Å². The number of hydrogen-bond acceptors (Lipinski definition) is 2. The van der Waals surface area contributed by atoms with E-state index in [1.54, 1.807) is 23.8 Å². The van der Waals surface area contributed by atoms with Gasteiger partial charge in [-0.1, -0.05) is 83.2 Å². The lowest BCUT2D eigenvalue weighted by molar-refractivity contribution is -0.0594. The Kier molecular flexibility index (Phi) is 7.90. The predicted octanol–water partition coefficient (Wildman–Crippen LogP) is 9.91. The van der Waals surface area contributed by atoms with Crippen LogP contribution in [0.15, 0.2) is 35.9 Å². The number of halogens is 1. The Morgan fingerprint density at radius 1 is 1.05 bits per heavy atom. The van der Waals surface area contributed by atoms with Crippen molar-refractivity contribution in [2.45, 2.75) is 111 Å². The standard InChI is InChI=1S/C34H49ClO2/c1-22(2)8-6-9-23(3)29-14-15-30-28-13-12-25-21-27(37-32(36)24-10-7-11-26(35)20-24)16-18-33(25,4)31(28)17-19-34(29,30)5/h7,10-12,20,22-23,27-31H,6,8-9,13-19,21H2,1-5H3/t23-,27+,28-,29+,30-,31-,33+,34-/m1/s1. The molecule has 8 atom stereocenters. The van der Waals surface area contributed by atoms with E-state index in [4.69, 9.17) is 16.3 Å². The number of benzene rings is 1. The Morgan fingerprint density at radius 2 is 1.86 bits per heavy atom. The van der Waals surface area contributed by atoms with Crippen molar-refractivity contribution >= 4 is 17.6 Å². The molecule has 2 nitrogen and oxygen atoms in total. The van der Waals surface area contributed by atoms with Crippen LogP contribution in [0, 0.1) is 46.3 Å². The minimum absolute atomic E-state index is 0.0150. The normalized spacial score (nSPS) is 37.8. The molecule has 0 aliphatic heterocycles. The second-order valence-corrected chi connectivity index (χ2v) is 14.5. The van der Waals surface area contributed by atoms with Crippen LogP contribution in [0.25, 0.3) is 0 Å². The van der Waals surface area contributed by atoms with Gasteiger partial charge in [-0.05, 0) is 109 Å². The van der Waals surface area contributed by atoms with Gasteiger partial charge in [0, 0.05) is 11.4 Å². The summed E-state index contributed by atoms with van der Waals surface area (Å²) in [6, 6.07) is 7.12. The van der Waals surface area contributed by atoms with Crippen LogP contribution in [0.2, 0.25) is 5.02 Å². The van der Waals surface area contributed by atoms with Gasteiger partial charge in [0.1, 0.15) is 6.10 Å². The molecule has 3 saturated carbocycles. The van der Waals surface area contributed by atoms with E-state index in [-0.39, 0.29) is 17.5 Å². The quantitative estimate of drug-likeness (QED) is 0.262. The lowest BCUT2D eigenvalue weighted by atomic mass is 9.47. The van der Waals surface area contributed by atoms with Crippen molar-refractivity contribution in [2.24, 2.45) is 46.3 Å². The SMILES string of the molecule is CC(C)CCC[C@@H](C)[C@@H]1CC[C@@H]2[C@H]3CC=C4C[C@@H](OC(=O)c5cccc(Cl)c5)CC[C@]4(C)[C@@H]3CC[C@@]21C. The van der Waals surface area contributed by atoms with Crippen LogP contribution in [-0.4, -0.2) is 12.1 Å². The Labute approximate surface area is 231 Å². The van der Waals surface area contributed by atoms with E-state index in [0.29, 0.717) is 16.0 Å². The van der Waals surface area contributed by atoms with Crippen molar-refractivity contribution in [3.05, 3.63) is 46.5 Å². The van der Waals surface area contributed by atoms with Crippen molar-refractivity contribution in [3.8, 4) is 0 Å². The maximum Gasteiger partial charge on any atom is 0.338 e. The van der Waals surface area contributed by atoms with Gasteiger partial charge in [-0.3, -0.25) is 0 Å². The molecule has 0 radical (unpaired) electrons. The highest BCUT2D eigenvalue weighted by Crippen LogP contribution is 2.67. The first-order chi connectivity index (χ1) is 17.6. The molecule has 0 saturated heterocycles. The van der Waals surface area contributed by atoms with Crippen molar-refractivity contribution < 1.29 is 9.53 Å². The van der Waals surface area contributed by atoms with Crippen molar-refractivity contribution in [1.82, 2.24) is 0 Å². The van der Waals surface area contributed by atoms with Crippen LogP contribution in [0.3, 0.4) is 0 Å². The molecule has 0 heterocycles. The maximum atomic E-state index is 12.8. The van der Waals surface area contributed by atoms with Gasteiger partial charge in [-0.15, -0.1) is 0 Å². The first-order valence-electron chi connectivity index (χ1n) is 15.3. The zero-order valence-electron chi connectivity index (χ0n) is 23.9. The fraction of sp³-hybridized carbons (Fsp3) is 0.735. The number of carbonyl (C=O) groups excluding carboxylic acids is 1. The highest BCUT2D eigenvalue weighted by Gasteiger charge is 2.59. The summed E-state index contributed by atoms with van der Waals surface area (Å²) in [6.45, 7) is 12.5. The molecule has 5 rings (SSSR count). The monoisotopic (exact) mass is 524 g/mol. The fourth-order valence-electron chi connectivity index (χ4n) is 9.59. The maximum absolute atomic E-state index is 12.8. The van der Waals surface area contributed by atoms with Gasteiger partial charge in [0.25, 0.3) is 0 Å². The van der Waals surface area contributed by atoms with E-state index < -0.39 is 0 Å². The van der Waals surface area contributed by atoms with Crippen LogP contribution >= 0.6 is 11.6 Å². The third-order valence-electron chi connectivity index (χ3n) is 11.6. The van der Waals surface area contributed by atoms with Crippen LogP contribution in [0.4, 0.5) is 0 Å². The van der Waals surface area contributed by atoms with E-state index in [9.17, 15) is 4.79 Å². The summed E-state index contributed by atoms with van der Waals surface area (Å²) in [7, 11) is 0. The average molecular weight is 525 g/mol. The highest BCUT2D eigenvalue weighted by molar-refractivity contribution is 6.30. The van der Waals surface area contributed by atoms with Crippen molar-refractivity contribution in [2.75, 3.05) is 0 Å². The third kappa shape index (κ3) is 5.18. The second kappa shape index (κ2) is 10.7. The van der Waals surface area contributed by atoms with Crippen molar-refractivity contribution in [1.29, 1.82) is 0 Å². The molecule has 1 aromatic carbocycles. The molecule has 0 amide bonds. The summed E-state index contributed by atoms with van der Waals surface area (Å²) in [5.74, 6) is 4.88. The van der Waals surface area contributed by atoms with E-state index in [0.717, 1.165) is 54.8 Å². The molecule has 1 aromatic rings. The average Bonchev–Trinajstić information content (AvgIpc) is 3.21. The summed E-state index contributed by atoms with van der Waals surface area (Å²) in [4.78, 5) is 12.8. The molecule has 0 aromatic heterocycles. The summed E-state index contributed by atoms with van der Waals surface area (Å²) in [5, 5.41) is 0.579. The minimum Gasteiger partial charge on any atom is -0.458 e. The van der Waals surface area contributed by atoms with Crippen molar-refractivity contribution in [3.63, 3.8) is 0 Å². The summed E-state index contributed by atoms with van der Waals surface area (Å²) < 4.78 is 6.00. The Morgan fingerprint density at radius 3 is 2.62 bits per heavy atom. The third-order valence-corrected chi connectivity index (χ3v) is 11.8. The minimum atomic E-state index is -0.238. The number of carbonyl (C=O) groups is 1. The van der Waals surface area contributed by atoms with Crippen LogP contribution in [0.1, 0.15) is 116 Å². The van der Waals surface area contributed by atoms with Gasteiger partial charge in [0.05, 0.1) is 5.56 Å². The van der Waals surface area contributed by atoms with E-state index >= 15 is 0 Å². The number of allylic oxidation sites excluding steroid dienone is 1. The molecule has 0 spiro atoms. The number of esters is 1. The number of ether oxygens (including phenoxy) is 1. The number of rotatable bonds is 7. The molecule has 4 aliphatic rings. The summed E-state index contributed by atoms with van der Waals surface area (Å²) in [5.41, 5.74) is 2.94. The first-order valence-corrected chi connectivity index (χ1v) is 15.7. The summed E-state index contributed by atoms with van der Waals surface area (Å²) in [6.07, 6.45) is 16.7. The fourth-order valence-corrected chi connectivity index (χ4v) is 9.78. The summed E-state index contributed by atoms with van der Waals surface area (Å²) >= 11 is 6.10. The topological polar surface area (TPSA) is 26.3 Å². The Bertz CT molecular complexity index is 1010. The zero-order chi connectivity index (χ0) is 26.4. The largest absolute Gasteiger partial charge is 0.458 e. The number of fused-ring (bicyclic) bond motifs is 5. The van der Waals surface area contributed by atoms with Gasteiger partial charge in [0.2, 0.25) is 0 Å². The van der Waals surface area contributed by atoms with Crippen LogP contribution in [0.5, 0.6) is 0 Å². The van der Waals surface area contributed by atoms with E-state index in [1.807, 2.05) is 6.07 Å². The van der Waals surface area contributed by atoms with Crippen LogP contribution < -0.4 is 0 Å². The lowest BCUT2D eigenvalue weighted by Gasteiger charge is -2.58. The van der Waals surface area contributed by atoms with Gasteiger partial charge in [-0.2, -0.15) is 0 Å². The molecule has 4 aliphatic carbocycles. The zero-order valence-corrected chi connectivity index (χ0v) is 24.7. The van der Waals surface area contributed by atoms with E-state index in [2.05, 4.69) is 40.7 Å². The molecule has 0 bridgehead atoms.